The molecule has 0 radical (unpaired) electrons. The third kappa shape index (κ3) is 18.3. The van der Waals surface area contributed by atoms with Crippen molar-refractivity contribution in [2.75, 3.05) is 90.8 Å². The highest BCUT2D eigenvalue weighted by Gasteiger charge is 2.24. The van der Waals surface area contributed by atoms with E-state index >= 15 is 0 Å². The molecule has 12 heterocycles. The van der Waals surface area contributed by atoms with Gasteiger partial charge in [0, 0.05) is 170 Å². The van der Waals surface area contributed by atoms with Crippen molar-refractivity contribution in [3.8, 4) is 78.6 Å². The first kappa shape index (κ1) is 77.9. The predicted octanol–water partition coefficient (Wildman–Crippen LogP) is 17.6. The van der Waals surface area contributed by atoms with Crippen LogP contribution < -0.4 is 46.7 Å². The van der Waals surface area contributed by atoms with Gasteiger partial charge in [0.05, 0.1) is 65.7 Å². The fourth-order valence-corrected chi connectivity index (χ4v) is 14.3. The van der Waals surface area contributed by atoms with Gasteiger partial charge in [-0.15, -0.1) is 11.3 Å². The van der Waals surface area contributed by atoms with E-state index in [0.717, 1.165) is 175 Å². The van der Waals surface area contributed by atoms with E-state index in [1.165, 1.54) is 54.9 Å². The number of imidazole rings is 5. The molecule has 598 valence electrons. The highest BCUT2D eigenvalue weighted by atomic mass is 32.1. The van der Waals surface area contributed by atoms with E-state index in [0.29, 0.717) is 23.4 Å². The van der Waals surface area contributed by atoms with Crippen molar-refractivity contribution in [2.45, 2.75) is 46.1 Å². The van der Waals surface area contributed by atoms with Gasteiger partial charge >= 0.3 is 0 Å². The summed E-state index contributed by atoms with van der Waals surface area (Å²) in [5.74, 6) is 4.88. The molecule has 1 aliphatic carbocycles. The minimum absolute atomic E-state index is 0.0672. The number of morpholine rings is 1. The average molecular weight is 1600 g/mol. The summed E-state index contributed by atoms with van der Waals surface area (Å²) < 4.78 is 25.6. The van der Waals surface area contributed by atoms with E-state index in [2.05, 4.69) is 140 Å². The molecule has 18 aromatic rings. The Labute approximate surface area is 688 Å². The molecule has 11 aromatic heterocycles. The first-order valence-electron chi connectivity index (χ1n) is 38.9. The van der Waals surface area contributed by atoms with Gasteiger partial charge in [0.15, 0.2) is 86.1 Å². The number of hydrogen-bond donors (Lipinski definition) is 8. The maximum Gasteiger partial charge on any atom is 0.180 e. The Morgan fingerprint density at radius 1 is 0.487 bits per heavy atom. The standard InChI is InChI=1S/C26H23N5O.C18H14N4OS.C16H16N4O2.C15H17N5.C15H16N4O2/c1-2-4-20-17-21(6-5-19(20)3-1)24-18-31-12-11-27-26(31)25(29-24)28-22-7-9-23(10-8-22)30-13-15-32-16-14-30;1-12(23)15-7-8-16(24-15)14-11-22-10-9-19-18(22)17(21-14)20-13-5-3-2-4-6-13;1-22-14-8-10(2-5-13(14)21)12-9-20-7-6-17-16(20)15(19-12)18-11-3-4-11;1-2-6-17-14-15-18-7-8-20(15)10-13(19-14)11-4-3-5-12(16)9-11;1-3-16-14-15-17-6-7-19(15)9-11(18-14)10-4-5-12(20)13(8-10)21-2/h1-12,17-18H,13-16H2,(H,28,29);2-11H,1H3,(H,20,21);2,5-9,11,21H,3-4H2,1H3,(H,18,19);3-5,7-10H,2,6,16H2,1H3,(H,17,19);4-9,20H,3H2,1-2H3,(H,16,18). The number of nitrogens with two attached hydrogens (primary N) is 1. The van der Waals surface area contributed by atoms with Crippen molar-refractivity contribution in [3.63, 3.8) is 0 Å². The van der Waals surface area contributed by atoms with Gasteiger partial charge in [0.25, 0.3) is 0 Å². The van der Waals surface area contributed by atoms with Crippen molar-refractivity contribution in [1.82, 2.24) is 71.8 Å². The monoisotopic (exact) mass is 1600 g/mol. The number of carbonyl (C=O) groups excluding carboxylic acids is 1. The van der Waals surface area contributed by atoms with Crippen LogP contribution in [0.4, 0.5) is 51.8 Å². The van der Waals surface area contributed by atoms with Gasteiger partial charge in [-0.05, 0) is 147 Å². The molecule has 0 atom stereocenters. The van der Waals surface area contributed by atoms with Gasteiger partial charge in [-0.1, -0.05) is 73.7 Å². The number of para-hydroxylation sites is 1. The summed E-state index contributed by atoms with van der Waals surface area (Å²) in [6.07, 6.45) is 31.5. The fraction of sp³-hybridized carbons (Fsp3) is 0.167. The van der Waals surface area contributed by atoms with Gasteiger partial charge in [-0.3, -0.25) is 4.79 Å². The number of nitrogens with one attached hydrogen (secondary N) is 5. The van der Waals surface area contributed by atoms with E-state index in [4.69, 9.17) is 34.9 Å². The van der Waals surface area contributed by atoms with E-state index in [9.17, 15) is 15.0 Å². The molecule has 1 aliphatic heterocycles. The van der Waals surface area contributed by atoms with E-state index in [-0.39, 0.29) is 17.3 Å². The number of carbonyl (C=O) groups is 1. The highest BCUT2D eigenvalue weighted by Crippen LogP contribution is 2.37. The summed E-state index contributed by atoms with van der Waals surface area (Å²) in [5, 5.41) is 38.6. The van der Waals surface area contributed by atoms with Crippen LogP contribution >= 0.6 is 11.3 Å². The van der Waals surface area contributed by atoms with Gasteiger partial charge in [0.1, 0.15) is 0 Å². The molecule has 0 spiro atoms. The number of phenolic OH excluding ortho intramolecular Hbond substituents is 2. The Bertz CT molecular complexity index is 6570. The number of nitrogen functional groups attached to an aromatic ring is 1. The van der Waals surface area contributed by atoms with Gasteiger partial charge in [-0.2, -0.15) is 0 Å². The molecule has 1 saturated heterocycles. The second-order valence-corrected chi connectivity index (χ2v) is 29.1. The minimum Gasteiger partial charge on any atom is -0.504 e. The van der Waals surface area contributed by atoms with E-state index in [1.54, 1.807) is 68.2 Å². The van der Waals surface area contributed by atoms with Crippen LogP contribution in [0.25, 0.3) is 94.6 Å². The first-order valence-corrected chi connectivity index (χ1v) is 39.8. The first-order chi connectivity index (χ1) is 58.3. The lowest BCUT2D eigenvalue weighted by molar-refractivity contribution is 0.102. The molecule has 29 heteroatoms. The number of thiophene rings is 1. The number of phenols is 2. The average Bonchev–Trinajstić information content (AvgIpc) is 1.38. The molecule has 28 nitrogen and oxygen atoms in total. The second-order valence-electron chi connectivity index (χ2n) is 28.0. The van der Waals surface area contributed by atoms with Crippen LogP contribution in [0, 0.1) is 0 Å². The number of anilines is 9. The number of benzene rings is 7. The van der Waals surface area contributed by atoms with Crippen molar-refractivity contribution in [2.24, 2.45) is 0 Å². The molecular formula is C90H86N22O6S. The summed E-state index contributed by atoms with van der Waals surface area (Å²) >= 11 is 1.45. The molecular weight excluding hydrogens is 1520 g/mol. The van der Waals surface area contributed by atoms with Crippen molar-refractivity contribution < 1.29 is 29.2 Å². The lowest BCUT2D eigenvalue weighted by Gasteiger charge is -2.28. The maximum atomic E-state index is 11.5. The van der Waals surface area contributed by atoms with Crippen molar-refractivity contribution in [3.05, 3.63) is 268 Å². The molecule has 0 bridgehead atoms. The van der Waals surface area contributed by atoms with Crippen LogP contribution in [0.3, 0.4) is 0 Å². The number of methoxy groups -OCH3 is 2. The van der Waals surface area contributed by atoms with E-state index < -0.39 is 0 Å². The van der Waals surface area contributed by atoms with Crippen LogP contribution in [0.15, 0.2) is 263 Å². The van der Waals surface area contributed by atoms with Gasteiger partial charge in [0.2, 0.25) is 0 Å². The number of rotatable bonds is 20. The maximum absolute atomic E-state index is 11.5. The van der Waals surface area contributed by atoms with Crippen LogP contribution in [0.2, 0.25) is 0 Å². The SMILES string of the molecule is CC(=O)c1ccc(-c2cn3ccnc3c(Nc3ccccc3)n2)s1.CCCNc1nc(-c2cccc(N)c2)cn2ccnc12.CCNc1nc(-c2ccc(O)c(OC)c2)cn2ccnc12.COc1cc(-c2cn3ccnc3c(NC3CC3)n2)ccc1O.c1ccc2cc(-c3cn4ccnc4c(Nc4ccc(N5CCOCC5)cc4)n3)ccc2c1. The molecule has 119 heavy (non-hydrogen) atoms. The minimum atomic E-state index is 0.0672. The van der Waals surface area contributed by atoms with Crippen molar-refractivity contribution in [1.29, 1.82) is 0 Å². The van der Waals surface area contributed by atoms with E-state index in [1.807, 2.05) is 164 Å². The lowest BCUT2D eigenvalue weighted by atomic mass is 10.1. The van der Waals surface area contributed by atoms with Crippen molar-refractivity contribution >= 4 is 108 Å². The lowest BCUT2D eigenvalue weighted by Crippen LogP contribution is -2.36. The van der Waals surface area contributed by atoms with Crippen LogP contribution in [-0.4, -0.2) is 147 Å². The normalized spacial score (nSPS) is 12.4. The number of nitrogens with zero attached hydrogens (tertiary/aromatic N) is 16. The van der Waals surface area contributed by atoms with Crippen LogP contribution in [0.5, 0.6) is 23.0 Å². The third-order valence-electron chi connectivity index (χ3n) is 19.6. The summed E-state index contributed by atoms with van der Waals surface area (Å²) in [6.45, 7) is 10.8. The Balaban J connectivity index is 0.000000112. The van der Waals surface area contributed by atoms with Gasteiger partial charge < -0.3 is 83.6 Å². The molecule has 2 fully saturated rings. The number of aromatic hydroxyl groups is 2. The smallest absolute Gasteiger partial charge is 0.180 e. The summed E-state index contributed by atoms with van der Waals surface area (Å²) in [6, 6.07) is 55.5. The molecule has 2 aliphatic rings. The zero-order valence-electron chi connectivity index (χ0n) is 65.9. The number of fused-ring (bicyclic) bond motifs is 6. The Hall–Kier alpha value is -15.0. The van der Waals surface area contributed by atoms with Crippen LogP contribution in [-0.2, 0) is 4.74 Å². The molecule has 20 rings (SSSR count). The largest absolute Gasteiger partial charge is 0.504 e. The predicted molar refractivity (Wildman–Crippen MR) is 470 cm³/mol. The quantitative estimate of drug-likeness (QED) is 0.0260. The molecule has 0 amide bonds. The van der Waals surface area contributed by atoms with Crippen LogP contribution in [0.1, 0.15) is 49.7 Å². The fourth-order valence-electron chi connectivity index (χ4n) is 13.4. The number of ether oxygens (including phenoxy) is 3. The molecule has 9 N–H and O–H groups in total. The summed E-state index contributed by atoms with van der Waals surface area (Å²) in [7, 11) is 3.06. The third-order valence-corrected chi connectivity index (χ3v) is 20.8. The van der Waals surface area contributed by atoms with Gasteiger partial charge in [-0.25, -0.2) is 49.8 Å². The zero-order valence-corrected chi connectivity index (χ0v) is 66.8. The summed E-state index contributed by atoms with van der Waals surface area (Å²) in [4.78, 5) is 61.1. The Kier molecular flexibility index (Phi) is 23.5. The summed E-state index contributed by atoms with van der Waals surface area (Å²) in [5.41, 5.74) is 21.7. The Morgan fingerprint density at radius 3 is 1.46 bits per heavy atom. The molecule has 1 saturated carbocycles. The number of Topliss-reactive ketones (excluding diaryl/α,β-unsaturated/α-hetero) is 1. The molecule has 0 unspecified atom stereocenters. The number of ketones is 1. The zero-order chi connectivity index (χ0) is 81.7. The molecule has 7 aromatic carbocycles. The Morgan fingerprint density at radius 2 is 0.950 bits per heavy atom. The second kappa shape index (κ2) is 35.8. The highest BCUT2D eigenvalue weighted by molar-refractivity contribution is 7.17. The number of aromatic nitrogens is 15. The topological polar surface area (TPSA) is 326 Å². The number of hydrogen-bond acceptors (Lipinski definition) is 24.